The first-order valence-corrected chi connectivity index (χ1v) is 14.4. The van der Waals surface area contributed by atoms with Crippen molar-refractivity contribution in [3.05, 3.63) is 35.8 Å². The Bertz CT molecular complexity index is 1170. The number of nitrogens with one attached hydrogen (secondary N) is 2. The van der Waals surface area contributed by atoms with Crippen molar-refractivity contribution in [3.8, 4) is 0 Å². The summed E-state index contributed by atoms with van der Waals surface area (Å²) in [6.45, 7) is 12.9. The Balaban J connectivity index is 1.34. The van der Waals surface area contributed by atoms with Crippen LogP contribution in [0.15, 0.2) is 24.4 Å². The lowest BCUT2D eigenvalue weighted by atomic mass is 9.45. The number of pyridine rings is 1. The van der Waals surface area contributed by atoms with Crippen LogP contribution in [0.4, 0.5) is 0 Å². The normalized spacial score (nSPS) is 27.5. The van der Waals surface area contributed by atoms with Crippen molar-refractivity contribution in [2.45, 2.75) is 65.8 Å². The van der Waals surface area contributed by atoms with Crippen molar-refractivity contribution < 1.29 is 14.3 Å². The molecule has 4 fully saturated rings. The second-order valence-electron chi connectivity index (χ2n) is 13.0. The van der Waals surface area contributed by atoms with Gasteiger partial charge in [-0.2, -0.15) is 0 Å². The van der Waals surface area contributed by atoms with Gasteiger partial charge in [-0.3, -0.25) is 14.0 Å². The first-order chi connectivity index (χ1) is 18.1. The van der Waals surface area contributed by atoms with Gasteiger partial charge in [-0.05, 0) is 79.4 Å². The number of ether oxygens (including phenoxy) is 1. The van der Waals surface area contributed by atoms with Gasteiger partial charge >= 0.3 is 0 Å². The molecule has 3 saturated carbocycles. The number of nitrogens with zero attached hydrogens (tertiary/aromatic N) is 3. The molecule has 8 nitrogen and oxygen atoms in total. The summed E-state index contributed by atoms with van der Waals surface area (Å²) >= 11 is 0. The molecule has 1 saturated heterocycles. The minimum atomic E-state index is -0.109. The van der Waals surface area contributed by atoms with Crippen LogP contribution >= 0.6 is 0 Å². The van der Waals surface area contributed by atoms with Crippen LogP contribution in [0, 0.1) is 28.6 Å². The molecule has 2 aromatic rings. The number of hydrogen-bond donors (Lipinski definition) is 2. The molecule has 4 atom stereocenters. The average molecular weight is 524 g/mol. The van der Waals surface area contributed by atoms with Crippen molar-refractivity contribution in [1.82, 2.24) is 24.9 Å². The van der Waals surface area contributed by atoms with Gasteiger partial charge in [0.25, 0.3) is 11.8 Å². The van der Waals surface area contributed by atoms with Gasteiger partial charge in [0.15, 0.2) is 0 Å². The molecule has 2 aromatic heterocycles. The molecule has 4 aliphatic rings. The monoisotopic (exact) mass is 523 g/mol. The van der Waals surface area contributed by atoms with Crippen molar-refractivity contribution in [2.75, 3.05) is 39.9 Å². The highest BCUT2D eigenvalue weighted by Gasteiger charge is 2.54. The van der Waals surface area contributed by atoms with Gasteiger partial charge in [0.05, 0.1) is 0 Å². The van der Waals surface area contributed by atoms with E-state index in [-0.39, 0.29) is 23.3 Å². The number of piperidine rings is 1. The zero-order valence-electron chi connectivity index (χ0n) is 23.8. The van der Waals surface area contributed by atoms with Gasteiger partial charge in [0.1, 0.15) is 17.0 Å². The van der Waals surface area contributed by atoms with Crippen molar-refractivity contribution in [3.63, 3.8) is 0 Å². The number of rotatable bonds is 9. The molecule has 3 aliphatic carbocycles. The molecule has 1 unspecified atom stereocenters. The predicted molar refractivity (Wildman–Crippen MR) is 148 cm³/mol. The number of amides is 2. The molecule has 38 heavy (non-hydrogen) atoms. The number of methoxy groups -OCH3 is 1. The van der Waals surface area contributed by atoms with Crippen LogP contribution < -0.4 is 10.6 Å². The van der Waals surface area contributed by atoms with E-state index in [9.17, 15) is 9.59 Å². The van der Waals surface area contributed by atoms with Crippen molar-refractivity contribution in [1.29, 1.82) is 0 Å². The van der Waals surface area contributed by atoms with Crippen LogP contribution in [-0.4, -0.2) is 72.0 Å². The molecule has 208 valence electrons. The van der Waals surface area contributed by atoms with E-state index in [0.29, 0.717) is 54.0 Å². The lowest BCUT2D eigenvalue weighted by Crippen LogP contribution is -2.56. The van der Waals surface area contributed by atoms with Crippen LogP contribution in [0.1, 0.15) is 80.8 Å². The van der Waals surface area contributed by atoms with Crippen LogP contribution in [0.3, 0.4) is 0 Å². The summed E-state index contributed by atoms with van der Waals surface area (Å²) < 4.78 is 7.05. The molecule has 2 amide bonds. The van der Waals surface area contributed by atoms with E-state index in [1.807, 2.05) is 23.1 Å². The molecule has 2 N–H and O–H groups in total. The number of hydrogen-bond acceptors (Lipinski definition) is 5. The smallest absolute Gasteiger partial charge is 0.274 e. The fourth-order valence-electron chi connectivity index (χ4n) is 7.48. The largest absolute Gasteiger partial charge is 0.385 e. The molecule has 6 rings (SSSR count). The highest BCUT2D eigenvalue weighted by molar-refractivity contribution is 5.95. The van der Waals surface area contributed by atoms with Crippen LogP contribution in [-0.2, 0) is 4.74 Å². The van der Waals surface area contributed by atoms with Gasteiger partial charge in [0.2, 0.25) is 0 Å². The fourth-order valence-corrected chi connectivity index (χ4v) is 7.48. The Morgan fingerprint density at radius 1 is 1.21 bits per heavy atom. The van der Waals surface area contributed by atoms with Gasteiger partial charge in [-0.1, -0.05) is 33.8 Å². The van der Waals surface area contributed by atoms with Gasteiger partial charge in [-0.25, -0.2) is 4.98 Å². The van der Waals surface area contributed by atoms with E-state index in [4.69, 9.17) is 4.74 Å². The standard InChI is InChI=1S/C30H45N5O3/c1-29(2)19-31-13-12-25(29)34(14-7-15-38-5)28(37)23-18-35-24(8-6-9-26(35)33-23)27(36)32-17-20-10-11-21-16-22(20)30(21,3)4/h6,8-9,18,20-22,25,31H,7,10-17,19H2,1-5H3,(H,32,36)/t20-,21-,22-,25?/m0/s1. The lowest BCUT2D eigenvalue weighted by Gasteiger charge is -2.60. The summed E-state index contributed by atoms with van der Waals surface area (Å²) in [5, 5.41) is 6.67. The summed E-state index contributed by atoms with van der Waals surface area (Å²) in [5.41, 5.74) is 1.85. The Kier molecular flexibility index (Phi) is 7.57. The third kappa shape index (κ3) is 4.97. The predicted octanol–water partition coefficient (Wildman–Crippen LogP) is 4.00. The number of fused-ring (bicyclic) bond motifs is 3. The van der Waals surface area contributed by atoms with Crippen LogP contribution in [0.25, 0.3) is 5.65 Å². The van der Waals surface area contributed by atoms with Crippen molar-refractivity contribution >= 4 is 17.5 Å². The fraction of sp³-hybridized carbons (Fsp3) is 0.700. The van der Waals surface area contributed by atoms with Gasteiger partial charge in [-0.15, -0.1) is 0 Å². The number of carbonyl (C=O) groups is 2. The second kappa shape index (κ2) is 10.6. The van der Waals surface area contributed by atoms with Gasteiger partial charge in [0, 0.05) is 45.6 Å². The highest BCUT2D eigenvalue weighted by atomic mass is 16.5. The van der Waals surface area contributed by atoms with E-state index in [2.05, 4.69) is 43.3 Å². The first-order valence-electron chi connectivity index (χ1n) is 14.4. The van der Waals surface area contributed by atoms with Crippen LogP contribution in [0.2, 0.25) is 0 Å². The molecule has 2 bridgehead atoms. The summed E-state index contributed by atoms with van der Waals surface area (Å²) in [5.74, 6) is 1.88. The van der Waals surface area contributed by atoms with E-state index in [1.165, 1.54) is 19.3 Å². The molecule has 0 spiro atoms. The van der Waals surface area contributed by atoms with Crippen LogP contribution in [0.5, 0.6) is 0 Å². The molecule has 8 heteroatoms. The molecule has 0 radical (unpaired) electrons. The molecule has 0 aromatic carbocycles. The SMILES string of the molecule is COCCCN(C(=O)c1cn2c(C(=O)NC[C@@H]3CC[C@H]4C[C@@H]3C4(C)C)cccc2n1)C1CCNCC1(C)C. The minimum absolute atomic E-state index is 0.0562. The average Bonchev–Trinajstić information content (AvgIpc) is 3.34. The van der Waals surface area contributed by atoms with E-state index >= 15 is 0 Å². The van der Waals surface area contributed by atoms with E-state index in [0.717, 1.165) is 31.8 Å². The summed E-state index contributed by atoms with van der Waals surface area (Å²) in [4.78, 5) is 33.9. The number of aromatic nitrogens is 2. The third-order valence-corrected chi connectivity index (χ3v) is 9.93. The van der Waals surface area contributed by atoms with E-state index < -0.39 is 0 Å². The Hall–Kier alpha value is -2.45. The summed E-state index contributed by atoms with van der Waals surface area (Å²) in [7, 11) is 1.69. The Morgan fingerprint density at radius 3 is 2.74 bits per heavy atom. The van der Waals surface area contributed by atoms with E-state index in [1.54, 1.807) is 17.7 Å². The van der Waals surface area contributed by atoms with Gasteiger partial charge < -0.3 is 20.3 Å². The zero-order chi connectivity index (χ0) is 27.1. The highest BCUT2D eigenvalue weighted by Crippen LogP contribution is 2.61. The zero-order valence-corrected chi connectivity index (χ0v) is 23.8. The maximum Gasteiger partial charge on any atom is 0.274 e. The number of imidazole rings is 1. The molecular weight excluding hydrogens is 478 g/mol. The number of carbonyl (C=O) groups excluding carboxylic acids is 2. The summed E-state index contributed by atoms with van der Waals surface area (Å²) in [6, 6.07) is 5.62. The lowest BCUT2D eigenvalue weighted by molar-refractivity contribution is -0.103. The summed E-state index contributed by atoms with van der Waals surface area (Å²) in [6.07, 6.45) is 7.16. The molecule has 1 aliphatic heterocycles. The Morgan fingerprint density at radius 2 is 2.03 bits per heavy atom. The molecule has 3 heterocycles. The Labute approximate surface area is 226 Å². The maximum absolute atomic E-state index is 13.9. The first kappa shape index (κ1) is 27.1. The minimum Gasteiger partial charge on any atom is -0.385 e. The quantitative estimate of drug-likeness (QED) is 0.485. The maximum atomic E-state index is 13.9. The topological polar surface area (TPSA) is 88.0 Å². The molecular formula is C30H45N5O3. The van der Waals surface area contributed by atoms with Crippen molar-refractivity contribution in [2.24, 2.45) is 28.6 Å². The second-order valence-corrected chi connectivity index (χ2v) is 13.0. The third-order valence-electron chi connectivity index (χ3n) is 9.93.